The zero-order valence-electron chi connectivity index (χ0n) is 19.7. The lowest BCUT2D eigenvalue weighted by atomic mass is 9.98. The van der Waals surface area contributed by atoms with Gasteiger partial charge in [0, 0.05) is 25.2 Å². The van der Waals surface area contributed by atoms with Gasteiger partial charge < -0.3 is 19.4 Å². The number of benzene rings is 2. The van der Waals surface area contributed by atoms with Gasteiger partial charge >= 0.3 is 5.97 Å². The Hall–Kier alpha value is -3.94. The van der Waals surface area contributed by atoms with Crippen molar-refractivity contribution in [1.82, 2.24) is 15.2 Å². The fraction of sp³-hybridized carbons (Fsp3) is 0.333. The molecule has 1 atom stereocenters. The summed E-state index contributed by atoms with van der Waals surface area (Å²) in [6.07, 6.45) is 4.58. The third-order valence-corrected chi connectivity index (χ3v) is 5.95. The van der Waals surface area contributed by atoms with Crippen LogP contribution in [0.4, 0.5) is 0 Å². The highest BCUT2D eigenvalue weighted by Gasteiger charge is 2.29. The largest absolute Gasteiger partial charge is 0.465 e. The number of aromatic nitrogens is 1. The lowest BCUT2D eigenvalue weighted by Gasteiger charge is -2.25. The third kappa shape index (κ3) is 5.95. The van der Waals surface area contributed by atoms with E-state index in [0.29, 0.717) is 17.1 Å². The molecule has 1 aliphatic rings. The van der Waals surface area contributed by atoms with Crippen molar-refractivity contribution in [3.8, 4) is 11.5 Å². The van der Waals surface area contributed by atoms with Gasteiger partial charge in [0.1, 0.15) is 6.26 Å². The number of hydrogen-bond donors (Lipinski definition) is 1. The predicted octanol–water partition coefficient (Wildman–Crippen LogP) is 3.93. The summed E-state index contributed by atoms with van der Waals surface area (Å²) in [5, 5.41) is 2.82. The normalized spacial score (nSPS) is 14.3. The number of nitrogens with zero attached hydrogens (tertiary/aromatic N) is 2. The maximum absolute atomic E-state index is 12.8. The number of carbonyl (C=O) groups is 3. The van der Waals surface area contributed by atoms with E-state index >= 15 is 0 Å². The molecule has 1 fully saturated rings. The van der Waals surface area contributed by atoms with E-state index in [4.69, 9.17) is 9.15 Å². The Balaban J connectivity index is 1.38. The molecule has 0 radical (unpaired) electrons. The van der Waals surface area contributed by atoms with Crippen molar-refractivity contribution in [2.75, 3.05) is 19.7 Å². The number of piperidine rings is 1. The van der Waals surface area contributed by atoms with Crippen LogP contribution in [0.1, 0.15) is 53.7 Å². The molecule has 1 saturated heterocycles. The maximum atomic E-state index is 12.8. The second-order valence-electron chi connectivity index (χ2n) is 8.40. The van der Waals surface area contributed by atoms with Crippen molar-refractivity contribution in [3.63, 3.8) is 0 Å². The van der Waals surface area contributed by atoms with Crippen molar-refractivity contribution in [1.29, 1.82) is 0 Å². The topological polar surface area (TPSA) is 102 Å². The minimum Gasteiger partial charge on any atom is -0.465 e. The molecule has 0 spiro atoms. The zero-order valence-corrected chi connectivity index (χ0v) is 19.7. The van der Waals surface area contributed by atoms with E-state index in [1.807, 2.05) is 35.2 Å². The van der Waals surface area contributed by atoms with Crippen LogP contribution in [-0.2, 0) is 20.9 Å². The smallest absolute Gasteiger partial charge is 0.323 e. The number of likely N-dealkylation sites (tertiary alicyclic amines) is 1. The maximum Gasteiger partial charge on any atom is 0.323 e. The molecule has 0 aliphatic carbocycles. The summed E-state index contributed by atoms with van der Waals surface area (Å²) in [5.41, 5.74) is 2.46. The van der Waals surface area contributed by atoms with E-state index in [2.05, 4.69) is 10.3 Å². The molecular weight excluding hydrogens is 446 g/mol. The number of carbonyl (C=O) groups excluding carboxylic acids is 3. The first-order valence-electron chi connectivity index (χ1n) is 11.9. The highest BCUT2D eigenvalue weighted by Crippen LogP contribution is 2.22. The van der Waals surface area contributed by atoms with Crippen molar-refractivity contribution < 1.29 is 23.5 Å². The summed E-state index contributed by atoms with van der Waals surface area (Å²) in [7, 11) is 0. The minimum atomic E-state index is -1.03. The van der Waals surface area contributed by atoms with Crippen molar-refractivity contribution in [2.24, 2.45) is 0 Å². The molecule has 2 amide bonds. The SMILES string of the molecule is CCOC(=O)C(C(=O)NCc1ccc(-c2nc(C(=O)N3CCCCC3)co2)cc1)c1ccccc1. The predicted molar refractivity (Wildman–Crippen MR) is 129 cm³/mol. The first-order chi connectivity index (χ1) is 17.1. The Morgan fingerprint density at radius 1 is 1.03 bits per heavy atom. The Morgan fingerprint density at radius 2 is 1.74 bits per heavy atom. The van der Waals surface area contributed by atoms with Gasteiger partial charge in [-0.05, 0) is 49.4 Å². The highest BCUT2D eigenvalue weighted by molar-refractivity contribution is 6.03. The molecule has 8 nitrogen and oxygen atoms in total. The zero-order chi connectivity index (χ0) is 24.6. The number of esters is 1. The molecule has 0 bridgehead atoms. The van der Waals surface area contributed by atoms with Gasteiger partial charge in [0.2, 0.25) is 11.8 Å². The van der Waals surface area contributed by atoms with Crippen LogP contribution in [0.5, 0.6) is 0 Å². The van der Waals surface area contributed by atoms with Crippen LogP contribution in [0.2, 0.25) is 0 Å². The van der Waals surface area contributed by atoms with Crippen LogP contribution < -0.4 is 5.32 Å². The number of hydrogen-bond acceptors (Lipinski definition) is 6. The molecule has 182 valence electrons. The third-order valence-electron chi connectivity index (χ3n) is 5.95. The first-order valence-corrected chi connectivity index (χ1v) is 11.9. The molecule has 8 heteroatoms. The van der Waals surface area contributed by atoms with Crippen molar-refractivity contribution >= 4 is 17.8 Å². The average molecular weight is 476 g/mol. The van der Waals surface area contributed by atoms with E-state index in [-0.39, 0.29) is 19.1 Å². The van der Waals surface area contributed by atoms with Gasteiger partial charge in [-0.1, -0.05) is 42.5 Å². The van der Waals surface area contributed by atoms with Gasteiger partial charge in [-0.3, -0.25) is 14.4 Å². The van der Waals surface area contributed by atoms with E-state index < -0.39 is 17.8 Å². The number of nitrogens with one attached hydrogen (secondary N) is 1. The van der Waals surface area contributed by atoms with E-state index in [1.54, 1.807) is 31.2 Å². The summed E-state index contributed by atoms with van der Waals surface area (Å²) in [6.45, 7) is 3.65. The minimum absolute atomic E-state index is 0.103. The van der Waals surface area contributed by atoms with Gasteiger partial charge in [-0.25, -0.2) is 4.98 Å². The molecule has 2 aromatic carbocycles. The van der Waals surface area contributed by atoms with Gasteiger partial charge in [-0.2, -0.15) is 0 Å². The molecule has 35 heavy (non-hydrogen) atoms. The quantitative estimate of drug-likeness (QED) is 0.391. The van der Waals surface area contributed by atoms with E-state index in [0.717, 1.165) is 43.5 Å². The van der Waals surface area contributed by atoms with Gasteiger partial charge in [-0.15, -0.1) is 0 Å². The Bertz CT molecular complexity index is 1150. The molecule has 1 N–H and O–H groups in total. The monoisotopic (exact) mass is 475 g/mol. The Kier molecular flexibility index (Phi) is 7.92. The van der Waals surface area contributed by atoms with Crippen LogP contribution in [0.25, 0.3) is 11.5 Å². The van der Waals surface area contributed by atoms with Gasteiger partial charge in [0.05, 0.1) is 6.61 Å². The van der Waals surface area contributed by atoms with Gasteiger partial charge in [0.15, 0.2) is 11.6 Å². The number of amides is 2. The Morgan fingerprint density at radius 3 is 2.43 bits per heavy atom. The van der Waals surface area contributed by atoms with E-state index in [1.165, 1.54) is 6.26 Å². The summed E-state index contributed by atoms with van der Waals surface area (Å²) in [5.74, 6) is -1.77. The van der Waals surface area contributed by atoms with Crippen molar-refractivity contribution in [3.05, 3.63) is 77.7 Å². The first kappa shape index (κ1) is 24.2. The molecule has 1 aliphatic heterocycles. The second-order valence-corrected chi connectivity index (χ2v) is 8.40. The van der Waals surface area contributed by atoms with Crippen LogP contribution >= 0.6 is 0 Å². The van der Waals surface area contributed by atoms with Crippen LogP contribution in [0.15, 0.2) is 65.3 Å². The lowest BCUT2D eigenvalue weighted by Crippen LogP contribution is -2.35. The highest BCUT2D eigenvalue weighted by atomic mass is 16.5. The van der Waals surface area contributed by atoms with E-state index in [9.17, 15) is 14.4 Å². The fourth-order valence-corrected chi connectivity index (χ4v) is 4.09. The fourth-order valence-electron chi connectivity index (χ4n) is 4.09. The molecule has 0 saturated carbocycles. The molecule has 2 heterocycles. The summed E-state index contributed by atoms with van der Waals surface area (Å²) in [6, 6.07) is 16.2. The van der Waals surface area contributed by atoms with Crippen LogP contribution in [0, 0.1) is 0 Å². The summed E-state index contributed by atoms with van der Waals surface area (Å²) < 4.78 is 10.7. The standard InChI is InChI=1S/C27H29N3O5/c1-2-34-27(33)23(20-9-5-3-6-10-20)24(31)28-17-19-11-13-21(14-12-19)25-29-22(18-35-25)26(32)30-15-7-4-8-16-30/h3,5-6,9-14,18,23H,2,4,7-8,15-17H2,1H3,(H,28,31). The lowest BCUT2D eigenvalue weighted by molar-refractivity contribution is -0.148. The number of oxazole rings is 1. The van der Waals surface area contributed by atoms with Crippen LogP contribution in [0.3, 0.4) is 0 Å². The summed E-state index contributed by atoms with van der Waals surface area (Å²) >= 11 is 0. The number of rotatable bonds is 8. The van der Waals surface area contributed by atoms with Gasteiger partial charge in [0.25, 0.3) is 5.91 Å². The second kappa shape index (κ2) is 11.5. The molecule has 4 rings (SSSR count). The van der Waals surface area contributed by atoms with Crippen molar-refractivity contribution in [2.45, 2.75) is 38.6 Å². The molecule has 1 unspecified atom stereocenters. The molecule has 3 aromatic rings. The Labute approximate surface area is 204 Å². The van der Waals surface area contributed by atoms with Crippen LogP contribution in [-0.4, -0.2) is 47.4 Å². The average Bonchev–Trinajstić information content (AvgIpc) is 3.39. The molecule has 1 aromatic heterocycles. The molecular formula is C27H29N3O5. The summed E-state index contributed by atoms with van der Waals surface area (Å²) in [4.78, 5) is 44.1. The number of ether oxygens (including phenoxy) is 1.